The van der Waals surface area contributed by atoms with E-state index in [4.69, 9.17) is 0 Å². The molecule has 8 heteroatoms. The molecule has 0 aliphatic carbocycles. The number of anilines is 1. The summed E-state index contributed by atoms with van der Waals surface area (Å²) in [5, 5.41) is 10.7. The lowest BCUT2D eigenvalue weighted by Crippen LogP contribution is -2.39. The van der Waals surface area contributed by atoms with E-state index >= 15 is 0 Å². The molecule has 0 bridgehead atoms. The maximum atomic E-state index is 12.3. The van der Waals surface area contributed by atoms with Gasteiger partial charge < -0.3 is 5.32 Å². The molecule has 0 spiro atoms. The average molecular weight is 369 g/mol. The van der Waals surface area contributed by atoms with E-state index < -0.39 is 5.92 Å². The van der Waals surface area contributed by atoms with Gasteiger partial charge in [-0.3, -0.25) is 29.3 Å². The molecular weight excluding hydrogens is 346 g/mol. The van der Waals surface area contributed by atoms with Crippen molar-refractivity contribution in [3.8, 4) is 0 Å². The summed E-state index contributed by atoms with van der Waals surface area (Å²) in [4.78, 5) is 38.0. The molecule has 2 aromatic rings. The number of nitrogens with one attached hydrogen (secondary N) is 2. The topological polar surface area (TPSA) is 96.3 Å². The standard InChI is InChI=1S/C19H23N5O3/c1-23-15-10-12(20-17(26)11-24-8-2-3-9-24)4-5-13(15)18(22-23)14-6-7-16(25)21-19(14)27/h4-5,10,14H,2-3,6-9,11H2,1H3,(H,20,26)(H,21,25,27). The van der Waals surface area contributed by atoms with Gasteiger partial charge in [-0.05, 0) is 50.6 Å². The molecule has 1 unspecified atom stereocenters. The minimum absolute atomic E-state index is 0.0242. The second-order valence-corrected chi connectivity index (χ2v) is 7.28. The fourth-order valence-corrected chi connectivity index (χ4v) is 3.92. The Labute approximate surface area is 156 Å². The van der Waals surface area contributed by atoms with E-state index in [1.54, 1.807) is 4.68 Å². The fraction of sp³-hybridized carbons (Fsp3) is 0.474. The van der Waals surface area contributed by atoms with E-state index in [1.807, 2.05) is 25.2 Å². The Morgan fingerprint density at radius 1 is 1.30 bits per heavy atom. The Balaban J connectivity index is 1.54. The third kappa shape index (κ3) is 3.57. The van der Waals surface area contributed by atoms with E-state index in [-0.39, 0.29) is 17.7 Å². The number of carbonyl (C=O) groups excluding carboxylic acids is 3. The van der Waals surface area contributed by atoms with E-state index in [2.05, 4.69) is 20.6 Å². The highest BCUT2D eigenvalue weighted by molar-refractivity contribution is 6.03. The van der Waals surface area contributed by atoms with Crippen LogP contribution in [0.25, 0.3) is 10.9 Å². The van der Waals surface area contributed by atoms with Gasteiger partial charge in [0.05, 0.1) is 23.7 Å². The first-order chi connectivity index (χ1) is 13.0. The van der Waals surface area contributed by atoms with E-state index in [0.717, 1.165) is 36.8 Å². The first-order valence-corrected chi connectivity index (χ1v) is 9.34. The van der Waals surface area contributed by atoms with Gasteiger partial charge in [0.15, 0.2) is 0 Å². The summed E-state index contributed by atoms with van der Waals surface area (Å²) >= 11 is 0. The van der Waals surface area contributed by atoms with Gasteiger partial charge in [-0.25, -0.2) is 0 Å². The number of hydrogen-bond acceptors (Lipinski definition) is 5. The summed E-state index contributed by atoms with van der Waals surface area (Å²) in [6, 6.07) is 5.59. The van der Waals surface area contributed by atoms with Gasteiger partial charge in [0.2, 0.25) is 17.7 Å². The van der Waals surface area contributed by atoms with Crippen molar-refractivity contribution in [3.63, 3.8) is 0 Å². The summed E-state index contributed by atoms with van der Waals surface area (Å²) < 4.78 is 1.71. The van der Waals surface area contributed by atoms with Crippen molar-refractivity contribution in [3.05, 3.63) is 23.9 Å². The second kappa shape index (κ2) is 7.11. The molecule has 2 fully saturated rings. The van der Waals surface area contributed by atoms with Crippen LogP contribution in [0.2, 0.25) is 0 Å². The van der Waals surface area contributed by atoms with Crippen molar-refractivity contribution in [1.82, 2.24) is 20.0 Å². The fourth-order valence-electron chi connectivity index (χ4n) is 3.92. The van der Waals surface area contributed by atoms with Crippen LogP contribution >= 0.6 is 0 Å². The zero-order valence-electron chi connectivity index (χ0n) is 15.3. The largest absolute Gasteiger partial charge is 0.325 e. The van der Waals surface area contributed by atoms with Crippen LogP contribution in [0.3, 0.4) is 0 Å². The van der Waals surface area contributed by atoms with Crippen LogP contribution in [0.15, 0.2) is 18.2 Å². The van der Waals surface area contributed by atoms with E-state index in [9.17, 15) is 14.4 Å². The summed E-state index contributed by atoms with van der Waals surface area (Å²) in [6.07, 6.45) is 3.08. The quantitative estimate of drug-likeness (QED) is 0.788. The number of rotatable bonds is 4. The Morgan fingerprint density at radius 2 is 2.07 bits per heavy atom. The summed E-state index contributed by atoms with van der Waals surface area (Å²) in [7, 11) is 1.81. The van der Waals surface area contributed by atoms with Crippen LogP contribution < -0.4 is 10.6 Å². The monoisotopic (exact) mass is 369 g/mol. The van der Waals surface area contributed by atoms with Crippen LogP contribution in [0.1, 0.15) is 37.3 Å². The minimum Gasteiger partial charge on any atom is -0.325 e. The van der Waals surface area contributed by atoms with Crippen molar-refractivity contribution in [2.24, 2.45) is 7.05 Å². The van der Waals surface area contributed by atoms with Gasteiger partial charge in [-0.15, -0.1) is 0 Å². The van der Waals surface area contributed by atoms with Gasteiger partial charge in [-0.1, -0.05) is 0 Å². The summed E-state index contributed by atoms with van der Waals surface area (Å²) in [5.41, 5.74) is 2.23. The Kier molecular flexibility index (Phi) is 4.65. The smallest absolute Gasteiger partial charge is 0.238 e. The molecule has 4 rings (SSSR count). The number of benzene rings is 1. The first kappa shape index (κ1) is 17.7. The first-order valence-electron chi connectivity index (χ1n) is 9.34. The molecule has 1 aromatic carbocycles. The molecule has 142 valence electrons. The van der Waals surface area contributed by atoms with E-state index in [0.29, 0.717) is 30.8 Å². The van der Waals surface area contributed by atoms with Crippen LogP contribution in [-0.4, -0.2) is 52.0 Å². The molecule has 3 amide bonds. The van der Waals surface area contributed by atoms with E-state index in [1.165, 1.54) is 0 Å². The number of amides is 3. The maximum absolute atomic E-state index is 12.3. The molecule has 1 atom stereocenters. The predicted octanol–water partition coefficient (Wildman–Crippen LogP) is 1.13. The highest BCUT2D eigenvalue weighted by Crippen LogP contribution is 2.31. The Hall–Kier alpha value is -2.74. The predicted molar refractivity (Wildman–Crippen MR) is 100 cm³/mol. The Morgan fingerprint density at radius 3 is 2.81 bits per heavy atom. The zero-order chi connectivity index (χ0) is 19.0. The molecule has 2 aliphatic rings. The molecule has 8 nitrogen and oxygen atoms in total. The van der Waals surface area contributed by atoms with Crippen LogP contribution in [0, 0.1) is 0 Å². The maximum Gasteiger partial charge on any atom is 0.238 e. The number of carbonyl (C=O) groups is 3. The molecule has 2 saturated heterocycles. The van der Waals surface area contributed by atoms with Gasteiger partial charge >= 0.3 is 0 Å². The lowest BCUT2D eigenvalue weighted by atomic mass is 9.93. The molecule has 0 radical (unpaired) electrons. The number of hydrogen-bond donors (Lipinski definition) is 2. The van der Waals surface area contributed by atoms with Crippen molar-refractivity contribution in [2.45, 2.75) is 31.6 Å². The number of aromatic nitrogens is 2. The lowest BCUT2D eigenvalue weighted by molar-refractivity contribution is -0.134. The minimum atomic E-state index is -0.429. The van der Waals surface area contributed by atoms with Crippen LogP contribution in [-0.2, 0) is 21.4 Å². The Bertz CT molecular complexity index is 913. The molecular formula is C19H23N5O3. The number of likely N-dealkylation sites (tertiary alicyclic amines) is 1. The number of fused-ring (bicyclic) bond motifs is 1. The highest BCUT2D eigenvalue weighted by Gasteiger charge is 2.31. The SMILES string of the molecule is Cn1nc(C2CCC(=O)NC2=O)c2ccc(NC(=O)CN3CCCC3)cc21. The van der Waals surface area contributed by atoms with Crippen LogP contribution in [0.5, 0.6) is 0 Å². The van der Waals surface area contributed by atoms with Crippen molar-refractivity contribution < 1.29 is 14.4 Å². The second-order valence-electron chi connectivity index (χ2n) is 7.28. The summed E-state index contributed by atoms with van der Waals surface area (Å²) in [5.74, 6) is -0.987. The number of piperidine rings is 1. The summed E-state index contributed by atoms with van der Waals surface area (Å²) in [6.45, 7) is 2.36. The van der Waals surface area contributed by atoms with Gasteiger partial charge in [0, 0.05) is 24.5 Å². The highest BCUT2D eigenvalue weighted by atomic mass is 16.2. The molecule has 1 aromatic heterocycles. The van der Waals surface area contributed by atoms with Crippen molar-refractivity contribution in [1.29, 1.82) is 0 Å². The number of aryl methyl sites for hydroxylation is 1. The van der Waals surface area contributed by atoms with Crippen molar-refractivity contribution in [2.75, 3.05) is 25.0 Å². The number of imide groups is 1. The number of nitrogens with zero attached hydrogens (tertiary/aromatic N) is 3. The molecule has 2 N–H and O–H groups in total. The normalized spacial score (nSPS) is 20.9. The lowest BCUT2D eigenvalue weighted by Gasteiger charge is -2.19. The average Bonchev–Trinajstić information content (AvgIpc) is 3.23. The van der Waals surface area contributed by atoms with Crippen molar-refractivity contribution >= 4 is 34.3 Å². The van der Waals surface area contributed by atoms with Gasteiger partial charge in [0.25, 0.3) is 0 Å². The third-order valence-corrected chi connectivity index (χ3v) is 5.30. The zero-order valence-corrected chi connectivity index (χ0v) is 15.3. The van der Waals surface area contributed by atoms with Crippen LogP contribution in [0.4, 0.5) is 5.69 Å². The molecule has 3 heterocycles. The van der Waals surface area contributed by atoms with Gasteiger partial charge in [-0.2, -0.15) is 5.10 Å². The molecule has 0 saturated carbocycles. The third-order valence-electron chi connectivity index (χ3n) is 5.30. The molecule has 27 heavy (non-hydrogen) atoms. The molecule has 2 aliphatic heterocycles. The van der Waals surface area contributed by atoms with Gasteiger partial charge in [0.1, 0.15) is 0 Å².